The number of nitrogens with two attached hydrogens (primary N) is 1. The number of hydrogen-bond acceptors (Lipinski definition) is 6. The van der Waals surface area contributed by atoms with Crippen LogP contribution in [0.4, 0.5) is 23.2 Å². The number of ether oxygens (including phenoxy) is 1. The van der Waals surface area contributed by atoms with E-state index in [1.807, 2.05) is 6.26 Å². The highest BCUT2D eigenvalue weighted by atomic mass is 35.5. The van der Waals surface area contributed by atoms with Gasteiger partial charge in [-0.2, -0.15) is 13.2 Å². The summed E-state index contributed by atoms with van der Waals surface area (Å²) in [6.45, 7) is 7.06. The van der Waals surface area contributed by atoms with Crippen LogP contribution < -0.4 is 15.8 Å². The van der Waals surface area contributed by atoms with E-state index < -0.39 is 23.6 Å². The maximum atomic E-state index is 13.8. The predicted molar refractivity (Wildman–Crippen MR) is 155 cm³/mol. The van der Waals surface area contributed by atoms with E-state index in [-0.39, 0.29) is 36.1 Å². The lowest BCUT2D eigenvalue weighted by atomic mass is 10.1. The van der Waals surface area contributed by atoms with Crippen LogP contribution in [0.5, 0.6) is 5.75 Å². The third-order valence-electron chi connectivity index (χ3n) is 6.08. The number of nitrogens with one attached hydrogen (secondary N) is 1. The Labute approximate surface area is 245 Å². The van der Waals surface area contributed by atoms with E-state index in [2.05, 4.69) is 23.5 Å². The van der Waals surface area contributed by atoms with Crippen molar-refractivity contribution < 1.29 is 27.1 Å². The number of carbonyl (C=O) groups excluding carboxylic acids is 1. The second-order valence-electron chi connectivity index (χ2n) is 8.95. The molecule has 41 heavy (non-hydrogen) atoms. The molecular weight excluding hydrogens is 580 g/mol. The molecule has 6 nitrogen and oxygen atoms in total. The summed E-state index contributed by atoms with van der Waals surface area (Å²) in [6, 6.07) is 12.4. The van der Waals surface area contributed by atoms with Gasteiger partial charge in [-0.3, -0.25) is 9.78 Å². The van der Waals surface area contributed by atoms with E-state index in [9.17, 15) is 22.4 Å². The number of anilines is 1. The predicted octanol–water partition coefficient (Wildman–Crippen LogP) is 7.38. The first-order valence-electron chi connectivity index (χ1n) is 12.4. The number of hydrogen-bond donors (Lipinski definition) is 2. The smallest absolute Gasteiger partial charge is 0.430 e. The van der Waals surface area contributed by atoms with Crippen molar-refractivity contribution >= 4 is 40.7 Å². The van der Waals surface area contributed by atoms with Crippen LogP contribution in [-0.4, -0.2) is 47.4 Å². The quantitative estimate of drug-likeness (QED) is 0.215. The Bertz CT molecular complexity index is 1380. The maximum Gasteiger partial charge on any atom is 0.430 e. The normalized spacial score (nSPS) is 13.6. The zero-order valence-corrected chi connectivity index (χ0v) is 23.8. The Morgan fingerprint density at radius 2 is 1.83 bits per heavy atom. The molecule has 1 amide bonds. The van der Waals surface area contributed by atoms with Crippen LogP contribution in [-0.2, 0) is 0 Å². The number of benzene rings is 2. The Kier molecular flexibility index (Phi) is 11.1. The molecule has 1 aromatic heterocycles. The molecule has 3 N–H and O–H groups in total. The first-order chi connectivity index (χ1) is 19.4. The molecule has 1 fully saturated rings. The fraction of sp³-hybridized carbons (Fsp3) is 0.241. The molecule has 1 aliphatic rings. The van der Waals surface area contributed by atoms with Crippen LogP contribution in [0.15, 0.2) is 84.7 Å². The van der Waals surface area contributed by atoms with E-state index in [0.29, 0.717) is 29.2 Å². The minimum atomic E-state index is -4.48. The van der Waals surface area contributed by atoms with Gasteiger partial charge in [0.05, 0.1) is 16.3 Å². The van der Waals surface area contributed by atoms with Gasteiger partial charge >= 0.3 is 6.18 Å². The zero-order chi connectivity index (χ0) is 30.2. The molecule has 2 heterocycles. The Balaban J connectivity index is 0.000000575. The molecule has 218 valence electrons. The highest BCUT2D eigenvalue weighted by Crippen LogP contribution is 2.32. The number of piperidine rings is 1. The molecule has 0 atom stereocenters. The number of thioether (sulfide) groups is 1. The van der Waals surface area contributed by atoms with Gasteiger partial charge in [0.25, 0.3) is 5.91 Å². The number of likely N-dealkylation sites (tertiary alicyclic amines) is 1. The lowest BCUT2D eigenvalue weighted by Crippen LogP contribution is -2.41. The van der Waals surface area contributed by atoms with Crippen molar-refractivity contribution in [3.8, 4) is 5.75 Å². The van der Waals surface area contributed by atoms with E-state index in [1.54, 1.807) is 42.7 Å². The minimum absolute atomic E-state index is 0.137. The molecule has 0 bridgehead atoms. The molecule has 0 radical (unpaired) electrons. The number of amides is 1. The lowest BCUT2D eigenvalue weighted by molar-refractivity contribution is -0.114. The van der Waals surface area contributed by atoms with Gasteiger partial charge in [-0.05, 0) is 54.8 Å². The second kappa shape index (κ2) is 14.3. The van der Waals surface area contributed by atoms with Crippen molar-refractivity contribution in [2.75, 3.05) is 24.7 Å². The summed E-state index contributed by atoms with van der Waals surface area (Å²) in [6.07, 6.45) is 0.964. The Morgan fingerprint density at radius 3 is 2.37 bits per heavy atom. The molecule has 0 saturated carbocycles. The zero-order valence-electron chi connectivity index (χ0n) is 22.2. The molecule has 4 rings (SSSR count). The summed E-state index contributed by atoms with van der Waals surface area (Å²) in [5, 5.41) is 3.33. The van der Waals surface area contributed by atoms with E-state index in [4.69, 9.17) is 22.1 Å². The van der Waals surface area contributed by atoms with Crippen molar-refractivity contribution in [3.63, 3.8) is 0 Å². The summed E-state index contributed by atoms with van der Waals surface area (Å²) in [5.41, 5.74) is 5.80. The van der Waals surface area contributed by atoms with Crippen LogP contribution >= 0.6 is 23.4 Å². The van der Waals surface area contributed by atoms with Crippen molar-refractivity contribution in [1.29, 1.82) is 0 Å². The monoisotopic (exact) mass is 608 g/mol. The highest BCUT2D eigenvalue weighted by molar-refractivity contribution is 7.98. The third-order valence-corrected chi connectivity index (χ3v) is 7.03. The van der Waals surface area contributed by atoms with Crippen LogP contribution in [0.3, 0.4) is 0 Å². The minimum Gasteiger partial charge on any atom is -0.489 e. The molecule has 12 heteroatoms. The molecule has 1 saturated heterocycles. The average molecular weight is 609 g/mol. The van der Waals surface area contributed by atoms with Crippen molar-refractivity contribution in [3.05, 3.63) is 102 Å². The average Bonchev–Trinajstić information content (AvgIpc) is 2.93. The molecular formula is C29H29ClF4N4O2S. The second-order valence-corrected chi connectivity index (χ2v) is 10.3. The summed E-state index contributed by atoms with van der Waals surface area (Å²) >= 11 is 6.93. The Hall–Kier alpha value is -3.70. The SMILES string of the molecule is C=C(N)c1ccc(F)cc1NC(=O)c1ccc(SC)cc1OC1CCN(C(=C)C(F)(F)F)CC1.Clc1cccnc1. The van der Waals surface area contributed by atoms with Gasteiger partial charge in [-0.15, -0.1) is 11.8 Å². The maximum absolute atomic E-state index is 13.8. The summed E-state index contributed by atoms with van der Waals surface area (Å²) in [5.74, 6) is -0.803. The molecule has 0 unspecified atom stereocenters. The van der Waals surface area contributed by atoms with Crippen LogP contribution in [0, 0.1) is 5.82 Å². The number of nitrogens with zero attached hydrogens (tertiary/aromatic N) is 2. The number of rotatable bonds is 7. The van der Waals surface area contributed by atoms with Gasteiger partial charge in [0, 0.05) is 54.5 Å². The summed E-state index contributed by atoms with van der Waals surface area (Å²) < 4.78 is 58.6. The van der Waals surface area contributed by atoms with Crippen LogP contribution in [0.1, 0.15) is 28.8 Å². The summed E-state index contributed by atoms with van der Waals surface area (Å²) in [4.78, 5) is 18.9. The van der Waals surface area contributed by atoms with Gasteiger partial charge in [0.1, 0.15) is 23.4 Å². The highest BCUT2D eigenvalue weighted by Gasteiger charge is 2.37. The number of aromatic nitrogens is 1. The first-order valence-corrected chi connectivity index (χ1v) is 14.0. The molecule has 1 aliphatic heterocycles. The molecule has 2 aromatic carbocycles. The summed E-state index contributed by atoms with van der Waals surface area (Å²) in [7, 11) is 0. The Morgan fingerprint density at radius 1 is 1.15 bits per heavy atom. The number of carbonyl (C=O) groups is 1. The standard InChI is InChI=1S/C24H25F4N3O2S.C5H4ClN/c1-14(29)19-6-4-16(25)12-21(19)30-23(32)20-7-5-18(34-3)13-22(20)33-17-8-10-31(11-9-17)15(2)24(26,27)28;6-5-2-1-3-7-4-5/h4-7,12-13,17H,1-2,8-11,29H2,3H3,(H,30,32);1-4H. The third kappa shape index (κ3) is 9.15. The molecule has 3 aromatic rings. The van der Waals surface area contributed by atoms with Gasteiger partial charge in [-0.25, -0.2) is 4.39 Å². The van der Waals surface area contributed by atoms with Crippen molar-refractivity contribution in [2.45, 2.75) is 30.0 Å². The van der Waals surface area contributed by atoms with Crippen molar-refractivity contribution in [1.82, 2.24) is 9.88 Å². The molecule has 0 aliphatic carbocycles. The number of allylic oxidation sites excluding steroid dienone is 1. The van der Waals surface area contributed by atoms with Crippen LogP contribution in [0.2, 0.25) is 5.02 Å². The number of alkyl halides is 3. The van der Waals surface area contributed by atoms with E-state index in [0.717, 1.165) is 11.0 Å². The van der Waals surface area contributed by atoms with Gasteiger partial charge in [0.2, 0.25) is 0 Å². The fourth-order valence-corrected chi connectivity index (χ4v) is 4.51. The number of halogens is 5. The number of pyridine rings is 1. The lowest BCUT2D eigenvalue weighted by Gasteiger charge is -2.35. The first kappa shape index (κ1) is 31.8. The largest absolute Gasteiger partial charge is 0.489 e. The molecule has 0 spiro atoms. The topological polar surface area (TPSA) is 80.5 Å². The van der Waals surface area contributed by atoms with Crippen molar-refractivity contribution in [2.24, 2.45) is 5.73 Å². The van der Waals surface area contributed by atoms with Gasteiger partial charge in [-0.1, -0.05) is 24.8 Å². The van der Waals surface area contributed by atoms with Gasteiger partial charge < -0.3 is 20.7 Å². The van der Waals surface area contributed by atoms with E-state index >= 15 is 0 Å². The van der Waals surface area contributed by atoms with E-state index in [1.165, 1.54) is 28.8 Å². The fourth-order valence-electron chi connectivity index (χ4n) is 3.95. The van der Waals surface area contributed by atoms with Gasteiger partial charge in [0.15, 0.2) is 0 Å². The van der Waals surface area contributed by atoms with Crippen LogP contribution in [0.25, 0.3) is 5.70 Å².